The van der Waals surface area contributed by atoms with Crippen molar-refractivity contribution in [2.75, 3.05) is 0 Å². The Kier molecular flexibility index (Phi) is 24.3. The Balaban J connectivity index is 0.000000375. The summed E-state index contributed by atoms with van der Waals surface area (Å²) < 4.78 is 492. The van der Waals surface area contributed by atoms with Crippen LogP contribution in [0.25, 0.3) is 41.8 Å². The van der Waals surface area contributed by atoms with Crippen molar-refractivity contribution in [3.05, 3.63) is 284 Å². The minimum absolute atomic E-state index is 0. The Morgan fingerprint density at radius 3 is 0.955 bits per heavy atom. The number of hydrogen-bond acceptors (Lipinski definition) is 8. The molecule has 570 valence electrons. The fraction of sp³-hybridized carbons (Fsp3) is 0.111. The lowest BCUT2D eigenvalue weighted by Gasteiger charge is -2.21. The molecule has 14 nitrogen and oxygen atoms in total. The van der Waals surface area contributed by atoms with Gasteiger partial charge in [0.15, 0.2) is 128 Å². The largest absolute Gasteiger partial charge is 0.422 e. The number of alkyl halides is 12. The van der Waals surface area contributed by atoms with Crippen molar-refractivity contribution in [3.63, 3.8) is 0 Å². The zero-order valence-corrected chi connectivity index (χ0v) is 50.2. The van der Waals surface area contributed by atoms with Crippen molar-refractivity contribution in [1.82, 2.24) is 0 Å². The van der Waals surface area contributed by atoms with Gasteiger partial charge in [-0.15, -0.1) is 10.1 Å². The van der Waals surface area contributed by atoms with E-state index in [1.54, 1.807) is 0 Å². The van der Waals surface area contributed by atoms with E-state index in [0.717, 1.165) is 12.1 Å². The van der Waals surface area contributed by atoms with Crippen LogP contribution in [0.15, 0.2) is 33.4 Å². The number of allylic oxidation sites excluding steroid dienone is 7. The predicted molar refractivity (Wildman–Crippen MR) is 291 cm³/mol. The van der Waals surface area contributed by atoms with Crippen LogP contribution in [-0.4, -0.2) is 10.3 Å². The van der Waals surface area contributed by atoms with Crippen LogP contribution in [0.1, 0.15) is 86.1 Å². The van der Waals surface area contributed by atoms with E-state index >= 15 is 43.9 Å². The Morgan fingerprint density at radius 2 is 0.658 bits per heavy atom. The summed E-state index contributed by atoms with van der Waals surface area (Å²) in [5, 5.41) is 70.6. The van der Waals surface area contributed by atoms with E-state index < -0.39 is 304 Å². The fourth-order valence-corrected chi connectivity index (χ4v) is 10.2. The van der Waals surface area contributed by atoms with E-state index in [2.05, 4.69) is 19.4 Å². The topological polar surface area (TPSA) is 224 Å². The van der Waals surface area contributed by atoms with E-state index in [9.17, 15) is 126 Å². The maximum Gasteiger partial charge on any atom is 0.422 e. The molecule has 0 bridgehead atoms. The molecule has 0 saturated heterocycles. The van der Waals surface area contributed by atoms with Crippen molar-refractivity contribution < 1.29 is 160 Å². The van der Waals surface area contributed by atoms with Crippen LogP contribution in [0.2, 0.25) is 0 Å². The second-order valence-electron chi connectivity index (χ2n) is 20.2. The highest BCUT2D eigenvalue weighted by atomic mass is 19.4. The van der Waals surface area contributed by atoms with Crippen molar-refractivity contribution in [2.24, 2.45) is 0 Å². The van der Waals surface area contributed by atoms with Gasteiger partial charge in [0.1, 0.15) is 69.6 Å². The molecule has 0 amide bonds. The molecule has 0 aromatic heterocycles. The molecular formula is C63H7F34N11O3. The van der Waals surface area contributed by atoms with Gasteiger partial charge in [-0.1, -0.05) is 7.43 Å². The zero-order chi connectivity index (χ0) is 84.4. The summed E-state index contributed by atoms with van der Waals surface area (Å²) in [5.74, 6) is -66.8. The van der Waals surface area contributed by atoms with Crippen molar-refractivity contribution >= 4 is 33.8 Å². The van der Waals surface area contributed by atoms with Gasteiger partial charge in [0.2, 0.25) is 5.70 Å². The van der Waals surface area contributed by atoms with E-state index in [0.29, 0.717) is 24.3 Å². The summed E-state index contributed by atoms with van der Waals surface area (Å²) in [6.45, 7) is 28.1. The second kappa shape index (κ2) is 30.9. The molecule has 2 aliphatic carbocycles. The van der Waals surface area contributed by atoms with Gasteiger partial charge in [0, 0.05) is 16.7 Å². The lowest BCUT2D eigenvalue weighted by atomic mass is 9.88. The first-order valence-electron chi connectivity index (χ1n) is 26.3. The molecule has 1 N–H and O–H groups in total. The first-order valence-corrected chi connectivity index (χ1v) is 26.3. The molecule has 2 atom stereocenters. The van der Waals surface area contributed by atoms with Crippen molar-refractivity contribution in [3.8, 4) is 36.4 Å². The molecule has 111 heavy (non-hydrogen) atoms. The lowest BCUT2D eigenvalue weighted by Crippen LogP contribution is -2.23. The third-order valence-electron chi connectivity index (χ3n) is 14.6. The normalized spacial score (nSPS) is 14.7. The molecule has 6 aromatic carbocycles. The average molecular weight is 1610 g/mol. The number of rotatable bonds is 8. The van der Waals surface area contributed by atoms with Crippen molar-refractivity contribution in [1.29, 1.82) is 31.6 Å². The van der Waals surface area contributed by atoms with Crippen LogP contribution in [0.4, 0.5) is 161 Å². The minimum Gasteiger partial charge on any atom is -0.328 e. The third kappa shape index (κ3) is 14.4. The molecule has 1 saturated carbocycles. The molecule has 0 heterocycles. The molecule has 2 aliphatic rings. The van der Waals surface area contributed by atoms with E-state index in [1.807, 2.05) is 0 Å². The summed E-state index contributed by atoms with van der Waals surface area (Å²) in [6, 6.07) is 0.999. The van der Waals surface area contributed by atoms with E-state index in [1.165, 1.54) is 0 Å². The van der Waals surface area contributed by atoms with E-state index in [4.69, 9.17) is 52.1 Å². The van der Waals surface area contributed by atoms with Gasteiger partial charge < -0.3 is 10.1 Å². The summed E-state index contributed by atoms with van der Waals surface area (Å²) in [6.07, 6.45) is -25.9. The highest BCUT2D eigenvalue weighted by Crippen LogP contribution is 2.62. The monoisotopic (exact) mass is 1610 g/mol. The van der Waals surface area contributed by atoms with Crippen LogP contribution < -0.4 is 0 Å². The molecule has 48 heteroatoms. The first kappa shape index (κ1) is 87.4. The van der Waals surface area contributed by atoms with Crippen molar-refractivity contribution in [2.45, 2.75) is 44.1 Å². The number of hydrogen-bond donors (Lipinski definition) is 1. The van der Waals surface area contributed by atoms with Gasteiger partial charge in [-0.05, 0) is 22.3 Å². The first-order chi connectivity index (χ1) is 50.7. The smallest absolute Gasteiger partial charge is 0.328 e. The highest BCUT2D eigenvalue weighted by Gasteiger charge is 2.57. The summed E-state index contributed by atoms with van der Waals surface area (Å²) in [4.78, 5) is 17.6. The Morgan fingerprint density at radius 1 is 0.369 bits per heavy atom. The zero-order valence-electron chi connectivity index (χ0n) is 50.2. The van der Waals surface area contributed by atoms with Gasteiger partial charge in [0.05, 0.1) is 70.3 Å². The van der Waals surface area contributed by atoms with Gasteiger partial charge in [-0.25, -0.2) is 118 Å². The van der Waals surface area contributed by atoms with Crippen LogP contribution in [0.3, 0.4) is 0 Å². The fourth-order valence-electron chi connectivity index (χ4n) is 10.2. The molecule has 8 rings (SSSR count). The minimum atomic E-state index is -6.56. The summed E-state index contributed by atoms with van der Waals surface area (Å²) in [5.41, 5.74) is -55.7. The number of halogens is 34. The summed E-state index contributed by atoms with van der Waals surface area (Å²) in [7, 11) is 0. The Bertz CT molecular complexity index is 5590. The molecular weight excluding hydrogens is 1600 g/mol. The average Bonchev–Trinajstić information content (AvgIpc) is 1.55. The molecule has 6 aromatic rings. The van der Waals surface area contributed by atoms with E-state index in [-0.39, 0.29) is 7.43 Å². The Hall–Kier alpha value is -14.3. The van der Waals surface area contributed by atoms with Gasteiger partial charge in [-0.2, -0.15) is 84.3 Å². The standard InChI is InChI=1S/C31H2F17N5.C31F17N5.CH4.HNO3/c2*1-52-28(14-22(37)17(32)8(5-51)18(33)23(14)38)13-9(10(13)7(4-50)12-20(35)26(41)29(53-2)27(42)21(12)36)6(3-49)11-15(30(43,44)45)24(39)16(31(46,47)48)25(40)19(11)34;;2-1(3)4/h6,28H;;1H4;(H,2,3,4)/b10-7-;;;. The van der Waals surface area contributed by atoms with Crippen LogP contribution in [0.5, 0.6) is 0 Å². The molecule has 0 spiro atoms. The number of nitriles is 6. The van der Waals surface area contributed by atoms with Crippen LogP contribution in [0, 0.1) is 232 Å². The summed E-state index contributed by atoms with van der Waals surface area (Å²) >= 11 is 0. The highest BCUT2D eigenvalue weighted by molar-refractivity contribution is 6.12. The number of benzene rings is 6. The molecule has 1 fully saturated rings. The van der Waals surface area contributed by atoms with Crippen LogP contribution >= 0.6 is 0 Å². The quantitative estimate of drug-likeness (QED) is 0.0381. The Labute approximate surface area is 588 Å². The SMILES string of the molecule is C.O=[N+]([O-])O.[C-]#[N+]C(=C1C(=C(C#N)c2c(F)c(F)c([N+]#[C-])c(F)c2F)C1=C(C#N)c1c(F)c(F)c(C(F)(F)F)c(F)c1C(F)(F)F)c1c(F)c(F)c(C#N)c(F)c1F.[C-]#[N+]c1c(F)c(F)c(/C(C#N)=C2C(C(C#N)c3c(F)c(F)c(C(F)(F)F)c(F)c3C(F)(F)F)=C/2C([N+]#[C-])c2c(F)c(F)c(C#N)c(F)c2F)c(F)c1F. The lowest BCUT2D eigenvalue weighted by molar-refractivity contribution is -0.742. The van der Waals surface area contributed by atoms with Crippen LogP contribution in [-0.2, 0) is 24.7 Å². The maximum atomic E-state index is 15.3. The predicted octanol–water partition coefficient (Wildman–Crippen LogP) is 20.8. The third-order valence-corrected chi connectivity index (χ3v) is 14.6. The second-order valence-corrected chi connectivity index (χ2v) is 20.2. The van der Waals surface area contributed by atoms with Gasteiger partial charge in [0.25, 0.3) is 22.5 Å². The van der Waals surface area contributed by atoms with Gasteiger partial charge in [-0.3, -0.25) is 0 Å². The number of nitrogens with zero attached hydrogens (tertiary/aromatic N) is 11. The maximum absolute atomic E-state index is 15.3. The van der Waals surface area contributed by atoms with Gasteiger partial charge >= 0.3 is 24.7 Å². The molecule has 2 unspecified atom stereocenters. The molecule has 0 aliphatic heterocycles. The molecule has 0 radical (unpaired) electrons.